The summed E-state index contributed by atoms with van der Waals surface area (Å²) in [5.41, 5.74) is 1.36. The van der Waals surface area contributed by atoms with Crippen LogP contribution in [0, 0.1) is 12.7 Å². The van der Waals surface area contributed by atoms with Crippen LogP contribution in [0.1, 0.15) is 5.56 Å². The van der Waals surface area contributed by atoms with E-state index in [1.54, 1.807) is 0 Å². The zero-order valence-electron chi connectivity index (χ0n) is 9.06. The van der Waals surface area contributed by atoms with Crippen molar-refractivity contribution in [3.8, 4) is 5.75 Å². The van der Waals surface area contributed by atoms with Gasteiger partial charge in [-0.1, -0.05) is 0 Å². The molecule has 1 aromatic rings. The van der Waals surface area contributed by atoms with E-state index in [0.717, 1.165) is 36.2 Å². The molecule has 1 fully saturated rings. The molecule has 1 heterocycles. The summed E-state index contributed by atoms with van der Waals surface area (Å²) >= 11 is 3.41. The molecule has 1 aliphatic heterocycles. The van der Waals surface area contributed by atoms with Crippen LogP contribution < -0.4 is 10.2 Å². The molecule has 0 atom stereocenters. The molecule has 0 saturated carbocycles. The highest BCUT2D eigenvalue weighted by Gasteiger charge is 2.21. The molecule has 1 saturated heterocycles. The first-order valence-corrected chi connectivity index (χ1v) is 6.04. The van der Waals surface area contributed by atoms with Crippen molar-refractivity contribution in [3.63, 3.8) is 0 Å². The number of rotatable bonds is 1. The summed E-state index contributed by atoms with van der Waals surface area (Å²) in [6.45, 7) is 5.06. The maximum atomic E-state index is 13.5. The Morgan fingerprint density at radius 1 is 1.44 bits per heavy atom. The Morgan fingerprint density at radius 2 is 2.06 bits per heavy atom. The van der Waals surface area contributed by atoms with Gasteiger partial charge in [0.2, 0.25) is 0 Å². The Morgan fingerprint density at radius 3 is 2.69 bits per heavy atom. The SMILES string of the molecule is Cc1cc(F)c(O)c(N2CCNCC2)c1Br. The van der Waals surface area contributed by atoms with Crippen LogP contribution in [0.5, 0.6) is 5.75 Å². The van der Waals surface area contributed by atoms with Crippen molar-refractivity contribution in [2.24, 2.45) is 0 Å². The minimum absolute atomic E-state index is 0.264. The number of phenolic OH excluding ortho intramolecular Hbond substituents is 1. The van der Waals surface area contributed by atoms with Crippen LogP contribution in [0.2, 0.25) is 0 Å². The van der Waals surface area contributed by atoms with Crippen LogP contribution in [-0.2, 0) is 0 Å². The first-order chi connectivity index (χ1) is 7.61. The van der Waals surface area contributed by atoms with Gasteiger partial charge in [0.25, 0.3) is 0 Å². The summed E-state index contributed by atoms with van der Waals surface area (Å²) in [4.78, 5) is 1.99. The van der Waals surface area contributed by atoms with E-state index in [1.807, 2.05) is 11.8 Å². The topological polar surface area (TPSA) is 35.5 Å². The van der Waals surface area contributed by atoms with Crippen molar-refractivity contribution in [1.29, 1.82) is 0 Å². The number of aromatic hydroxyl groups is 1. The van der Waals surface area contributed by atoms with Gasteiger partial charge in [-0.2, -0.15) is 0 Å². The minimum atomic E-state index is -0.561. The summed E-state index contributed by atoms with van der Waals surface area (Å²) in [7, 11) is 0. The van der Waals surface area contributed by atoms with Crippen LogP contribution in [0.25, 0.3) is 0 Å². The lowest BCUT2D eigenvalue weighted by Crippen LogP contribution is -2.43. The molecule has 1 aliphatic rings. The smallest absolute Gasteiger partial charge is 0.176 e. The van der Waals surface area contributed by atoms with E-state index in [2.05, 4.69) is 21.2 Å². The largest absolute Gasteiger partial charge is 0.503 e. The predicted octanol–water partition coefficient (Wildman–Crippen LogP) is 2.01. The van der Waals surface area contributed by atoms with E-state index in [0.29, 0.717) is 5.69 Å². The minimum Gasteiger partial charge on any atom is -0.503 e. The van der Waals surface area contributed by atoms with E-state index in [4.69, 9.17) is 0 Å². The standard InChI is InChI=1S/C11H14BrFN2O/c1-7-6-8(13)11(16)10(9(7)12)15-4-2-14-3-5-15/h6,14,16H,2-5H2,1H3. The Bertz CT molecular complexity index is 379. The van der Waals surface area contributed by atoms with Gasteiger partial charge in [0.05, 0.1) is 5.69 Å². The van der Waals surface area contributed by atoms with Crippen LogP contribution in [0.4, 0.5) is 10.1 Å². The van der Waals surface area contributed by atoms with Gasteiger partial charge in [-0.25, -0.2) is 4.39 Å². The van der Waals surface area contributed by atoms with Gasteiger partial charge >= 0.3 is 0 Å². The number of nitrogens with one attached hydrogen (secondary N) is 1. The number of hydrogen-bond donors (Lipinski definition) is 2. The first kappa shape index (κ1) is 11.7. The normalized spacial score (nSPS) is 16.6. The zero-order valence-corrected chi connectivity index (χ0v) is 10.6. The van der Waals surface area contributed by atoms with E-state index < -0.39 is 5.82 Å². The van der Waals surface area contributed by atoms with E-state index in [1.165, 1.54) is 6.07 Å². The van der Waals surface area contributed by atoms with Gasteiger partial charge in [-0.05, 0) is 34.5 Å². The molecule has 0 amide bonds. The maximum absolute atomic E-state index is 13.5. The Kier molecular flexibility index (Phi) is 3.35. The Balaban J connectivity index is 2.45. The third kappa shape index (κ3) is 2.01. The van der Waals surface area contributed by atoms with Crippen LogP contribution in [-0.4, -0.2) is 31.3 Å². The summed E-state index contributed by atoms with van der Waals surface area (Å²) in [6, 6.07) is 1.34. The number of phenols is 1. The maximum Gasteiger partial charge on any atom is 0.176 e. The van der Waals surface area contributed by atoms with Crippen molar-refractivity contribution in [3.05, 3.63) is 21.9 Å². The fourth-order valence-corrected chi connectivity index (χ4v) is 2.46. The first-order valence-electron chi connectivity index (χ1n) is 5.24. The van der Waals surface area contributed by atoms with Crippen molar-refractivity contribution >= 4 is 21.6 Å². The molecule has 0 spiro atoms. The van der Waals surface area contributed by atoms with Crippen molar-refractivity contribution in [2.45, 2.75) is 6.92 Å². The zero-order chi connectivity index (χ0) is 11.7. The van der Waals surface area contributed by atoms with Crippen molar-refractivity contribution in [1.82, 2.24) is 5.32 Å². The molecule has 1 aromatic carbocycles. The lowest BCUT2D eigenvalue weighted by molar-refractivity contribution is 0.428. The quantitative estimate of drug-likeness (QED) is 0.830. The second-order valence-corrected chi connectivity index (χ2v) is 4.72. The average molecular weight is 289 g/mol. The molecule has 16 heavy (non-hydrogen) atoms. The molecule has 0 bridgehead atoms. The highest BCUT2D eigenvalue weighted by atomic mass is 79.9. The van der Waals surface area contributed by atoms with E-state index in [9.17, 15) is 9.50 Å². The van der Waals surface area contributed by atoms with Gasteiger partial charge in [0.15, 0.2) is 11.6 Å². The Labute approximate surface area is 102 Å². The summed E-state index contributed by atoms with van der Waals surface area (Å²) < 4.78 is 14.2. The highest BCUT2D eigenvalue weighted by Crippen LogP contribution is 2.39. The molecule has 0 aromatic heterocycles. The number of benzene rings is 1. The lowest BCUT2D eigenvalue weighted by Gasteiger charge is -2.31. The van der Waals surface area contributed by atoms with Gasteiger partial charge in [0.1, 0.15) is 0 Å². The van der Waals surface area contributed by atoms with Crippen LogP contribution >= 0.6 is 15.9 Å². The number of anilines is 1. The number of nitrogens with zero attached hydrogens (tertiary/aromatic N) is 1. The third-order valence-electron chi connectivity index (χ3n) is 2.78. The Hall–Kier alpha value is -0.810. The average Bonchev–Trinajstić information content (AvgIpc) is 2.28. The summed E-state index contributed by atoms with van der Waals surface area (Å²) in [6.07, 6.45) is 0. The fraction of sp³-hybridized carbons (Fsp3) is 0.455. The summed E-state index contributed by atoms with van der Waals surface area (Å²) in [5.74, 6) is -0.825. The number of halogens is 2. The predicted molar refractivity (Wildman–Crippen MR) is 65.6 cm³/mol. The molecular weight excluding hydrogens is 275 g/mol. The number of hydrogen-bond acceptors (Lipinski definition) is 3. The van der Waals surface area contributed by atoms with Gasteiger partial charge in [-0.15, -0.1) is 0 Å². The molecule has 88 valence electrons. The van der Waals surface area contributed by atoms with Gasteiger partial charge in [-0.3, -0.25) is 0 Å². The summed E-state index contributed by atoms with van der Waals surface area (Å²) in [5, 5.41) is 13.0. The molecule has 0 radical (unpaired) electrons. The molecule has 5 heteroatoms. The van der Waals surface area contributed by atoms with Crippen molar-refractivity contribution < 1.29 is 9.50 Å². The number of aryl methyl sites for hydroxylation is 1. The fourth-order valence-electron chi connectivity index (χ4n) is 1.90. The second kappa shape index (κ2) is 4.59. The van der Waals surface area contributed by atoms with E-state index >= 15 is 0 Å². The molecule has 2 N–H and O–H groups in total. The monoisotopic (exact) mass is 288 g/mol. The number of piperazine rings is 1. The molecule has 0 unspecified atom stereocenters. The molecular formula is C11H14BrFN2O. The second-order valence-electron chi connectivity index (χ2n) is 3.92. The molecule has 2 rings (SSSR count). The van der Waals surface area contributed by atoms with Crippen LogP contribution in [0.15, 0.2) is 10.5 Å². The van der Waals surface area contributed by atoms with Crippen LogP contribution in [0.3, 0.4) is 0 Å². The lowest BCUT2D eigenvalue weighted by atomic mass is 10.1. The highest BCUT2D eigenvalue weighted by molar-refractivity contribution is 9.10. The molecule has 3 nitrogen and oxygen atoms in total. The third-order valence-corrected chi connectivity index (χ3v) is 3.78. The van der Waals surface area contributed by atoms with Crippen molar-refractivity contribution in [2.75, 3.05) is 31.1 Å². The van der Waals surface area contributed by atoms with Gasteiger partial charge in [0, 0.05) is 30.7 Å². The van der Waals surface area contributed by atoms with Gasteiger partial charge < -0.3 is 15.3 Å². The molecule has 0 aliphatic carbocycles. The van der Waals surface area contributed by atoms with E-state index in [-0.39, 0.29) is 5.75 Å².